The van der Waals surface area contributed by atoms with Crippen molar-refractivity contribution in [2.24, 2.45) is 0 Å². The molecule has 9 heteroatoms. The van der Waals surface area contributed by atoms with E-state index in [2.05, 4.69) is 0 Å². The Hall–Kier alpha value is -3.07. The lowest BCUT2D eigenvalue weighted by Gasteiger charge is -2.26. The molecule has 0 N–H and O–H groups in total. The van der Waals surface area contributed by atoms with Crippen molar-refractivity contribution in [3.05, 3.63) is 59.1 Å². The zero-order valence-corrected chi connectivity index (χ0v) is 17.5. The van der Waals surface area contributed by atoms with Gasteiger partial charge in [0, 0.05) is 26.2 Å². The number of benzene rings is 2. The lowest BCUT2D eigenvalue weighted by Crippen LogP contribution is -2.39. The van der Waals surface area contributed by atoms with E-state index in [-0.39, 0.29) is 22.9 Å². The van der Waals surface area contributed by atoms with Gasteiger partial charge in [0.15, 0.2) is 5.58 Å². The zero-order chi connectivity index (χ0) is 21.3. The lowest BCUT2D eigenvalue weighted by atomic mass is 10.1. The van der Waals surface area contributed by atoms with Crippen LogP contribution in [-0.4, -0.2) is 43.9 Å². The molecule has 8 nitrogen and oxygen atoms in total. The van der Waals surface area contributed by atoms with Gasteiger partial charge in [0.25, 0.3) is 10.0 Å². The number of amides is 1. The predicted molar refractivity (Wildman–Crippen MR) is 113 cm³/mol. The van der Waals surface area contributed by atoms with E-state index in [1.54, 1.807) is 35.2 Å². The molecule has 0 radical (unpaired) electrons. The summed E-state index contributed by atoms with van der Waals surface area (Å²) in [5, 5.41) is 0. The van der Waals surface area contributed by atoms with Gasteiger partial charge in [0.1, 0.15) is 6.54 Å². The summed E-state index contributed by atoms with van der Waals surface area (Å²) >= 11 is 0. The van der Waals surface area contributed by atoms with Crippen molar-refractivity contribution in [3.8, 4) is 0 Å². The number of para-hydroxylation sites is 1. The first-order valence-corrected chi connectivity index (χ1v) is 11.3. The molecule has 3 aromatic rings. The van der Waals surface area contributed by atoms with Crippen LogP contribution in [0.15, 0.2) is 62.6 Å². The minimum absolute atomic E-state index is 0.00427. The average molecular weight is 429 g/mol. The second kappa shape index (κ2) is 7.98. The first-order valence-electron chi connectivity index (χ1n) is 9.83. The molecular formula is C21H23N3O5S. The van der Waals surface area contributed by atoms with Gasteiger partial charge < -0.3 is 9.32 Å². The van der Waals surface area contributed by atoms with E-state index in [9.17, 15) is 18.0 Å². The van der Waals surface area contributed by atoms with Crippen molar-refractivity contribution < 1.29 is 17.6 Å². The topological polar surface area (TPSA) is 92.8 Å². The van der Waals surface area contributed by atoms with Gasteiger partial charge in [-0.05, 0) is 43.5 Å². The van der Waals surface area contributed by atoms with Crippen LogP contribution in [-0.2, 0) is 21.4 Å². The number of fused-ring (bicyclic) bond motifs is 1. The quantitative estimate of drug-likeness (QED) is 0.621. The molecule has 4 rings (SSSR count). The minimum atomic E-state index is -3.84. The maximum absolute atomic E-state index is 13.0. The number of likely N-dealkylation sites (tertiary alicyclic amines) is 1. The summed E-state index contributed by atoms with van der Waals surface area (Å²) in [6.07, 6.45) is 3.03. The van der Waals surface area contributed by atoms with E-state index in [4.69, 9.17) is 4.42 Å². The van der Waals surface area contributed by atoms with Gasteiger partial charge in [-0.25, -0.2) is 13.2 Å². The van der Waals surface area contributed by atoms with Crippen molar-refractivity contribution in [3.63, 3.8) is 0 Å². The van der Waals surface area contributed by atoms with Crippen LogP contribution in [0.4, 0.5) is 5.69 Å². The SMILES string of the molecule is CN(c1ccccc1)S(=O)(=O)c1ccc2c(c1)oc(=O)n2CC(=O)N1CCCCC1. The van der Waals surface area contributed by atoms with Crippen LogP contribution < -0.4 is 10.1 Å². The summed E-state index contributed by atoms with van der Waals surface area (Å²) in [6, 6.07) is 13.0. The van der Waals surface area contributed by atoms with Crippen molar-refractivity contribution in [2.75, 3.05) is 24.4 Å². The number of hydrogen-bond acceptors (Lipinski definition) is 5. The Bertz CT molecular complexity index is 1220. The highest BCUT2D eigenvalue weighted by Crippen LogP contribution is 2.25. The van der Waals surface area contributed by atoms with Crippen molar-refractivity contribution in [2.45, 2.75) is 30.7 Å². The third-order valence-corrected chi connectivity index (χ3v) is 7.20. The largest absolute Gasteiger partial charge is 0.420 e. The maximum atomic E-state index is 13.0. The standard InChI is InChI=1S/C21H23N3O5S/c1-22(16-8-4-2-5-9-16)30(27,28)17-10-11-18-19(14-17)29-21(26)24(18)15-20(25)23-12-6-3-7-13-23/h2,4-5,8-11,14H,3,6-7,12-13,15H2,1H3. The highest BCUT2D eigenvalue weighted by Gasteiger charge is 2.24. The van der Waals surface area contributed by atoms with Crippen LogP contribution in [0.5, 0.6) is 0 Å². The summed E-state index contributed by atoms with van der Waals surface area (Å²) in [7, 11) is -2.37. The summed E-state index contributed by atoms with van der Waals surface area (Å²) in [5.74, 6) is -0.818. The first kappa shape index (κ1) is 20.2. The number of hydrogen-bond donors (Lipinski definition) is 0. The highest BCUT2D eigenvalue weighted by molar-refractivity contribution is 7.92. The van der Waals surface area contributed by atoms with Crippen LogP contribution >= 0.6 is 0 Å². The van der Waals surface area contributed by atoms with Crippen molar-refractivity contribution in [1.82, 2.24) is 9.47 Å². The Labute approximate surface area is 174 Å². The van der Waals surface area contributed by atoms with Gasteiger partial charge in [-0.2, -0.15) is 0 Å². The summed E-state index contributed by atoms with van der Waals surface area (Å²) in [6.45, 7) is 1.26. The molecule has 2 heterocycles. The van der Waals surface area contributed by atoms with Crippen LogP contribution in [0.3, 0.4) is 0 Å². The molecule has 0 bridgehead atoms. The number of carbonyl (C=O) groups excluding carboxylic acids is 1. The van der Waals surface area contributed by atoms with Gasteiger partial charge in [-0.1, -0.05) is 18.2 Å². The van der Waals surface area contributed by atoms with E-state index in [1.807, 2.05) is 0 Å². The predicted octanol–water partition coefficient (Wildman–Crippen LogP) is 2.43. The summed E-state index contributed by atoms with van der Waals surface area (Å²) in [5.41, 5.74) is 1.05. The first-order chi connectivity index (χ1) is 14.4. The van der Waals surface area contributed by atoms with E-state index in [0.717, 1.165) is 19.3 Å². The number of piperidine rings is 1. The smallest absolute Gasteiger partial charge is 0.408 e. The van der Waals surface area contributed by atoms with E-state index in [1.165, 1.54) is 34.1 Å². The summed E-state index contributed by atoms with van der Waals surface area (Å²) < 4.78 is 33.7. The third-order valence-electron chi connectivity index (χ3n) is 5.42. The van der Waals surface area contributed by atoms with Gasteiger partial charge in [-0.15, -0.1) is 0 Å². The number of aromatic nitrogens is 1. The molecule has 1 amide bonds. The molecule has 0 saturated carbocycles. The number of rotatable bonds is 5. The maximum Gasteiger partial charge on any atom is 0.420 e. The number of nitrogens with zero attached hydrogens (tertiary/aromatic N) is 3. The second-order valence-corrected chi connectivity index (χ2v) is 9.30. The van der Waals surface area contributed by atoms with E-state index < -0.39 is 15.8 Å². The highest BCUT2D eigenvalue weighted by atomic mass is 32.2. The third kappa shape index (κ3) is 3.72. The van der Waals surface area contributed by atoms with Crippen molar-refractivity contribution >= 4 is 32.7 Å². The van der Waals surface area contributed by atoms with Gasteiger partial charge >= 0.3 is 5.76 Å². The molecule has 1 saturated heterocycles. The normalized spacial score (nSPS) is 14.8. The summed E-state index contributed by atoms with van der Waals surface area (Å²) in [4.78, 5) is 26.7. The minimum Gasteiger partial charge on any atom is -0.408 e. The van der Waals surface area contributed by atoms with Crippen molar-refractivity contribution in [1.29, 1.82) is 0 Å². The molecule has 1 aromatic heterocycles. The molecule has 0 atom stereocenters. The van der Waals surface area contributed by atoms with Gasteiger partial charge in [0.05, 0.1) is 16.1 Å². The zero-order valence-electron chi connectivity index (χ0n) is 16.7. The molecule has 30 heavy (non-hydrogen) atoms. The number of sulfonamides is 1. The van der Waals surface area contributed by atoms with Crippen LogP contribution in [0.1, 0.15) is 19.3 Å². The molecule has 0 aliphatic carbocycles. The number of carbonyl (C=O) groups is 1. The molecule has 1 aliphatic heterocycles. The lowest BCUT2D eigenvalue weighted by molar-refractivity contribution is -0.132. The van der Waals surface area contributed by atoms with Crippen LogP contribution in [0.2, 0.25) is 0 Å². The number of oxazole rings is 1. The molecule has 2 aromatic carbocycles. The molecule has 1 aliphatic rings. The second-order valence-electron chi connectivity index (χ2n) is 7.33. The van der Waals surface area contributed by atoms with E-state index >= 15 is 0 Å². The fourth-order valence-electron chi connectivity index (χ4n) is 3.67. The fraction of sp³-hybridized carbons (Fsp3) is 0.333. The van der Waals surface area contributed by atoms with Crippen LogP contribution in [0, 0.1) is 0 Å². The van der Waals surface area contributed by atoms with E-state index in [0.29, 0.717) is 24.3 Å². The Morgan fingerprint density at radius 2 is 1.77 bits per heavy atom. The molecule has 0 unspecified atom stereocenters. The Kier molecular flexibility index (Phi) is 5.38. The molecule has 158 valence electrons. The number of anilines is 1. The average Bonchev–Trinajstić information content (AvgIpc) is 3.08. The van der Waals surface area contributed by atoms with Gasteiger partial charge in [-0.3, -0.25) is 13.7 Å². The monoisotopic (exact) mass is 429 g/mol. The Balaban J connectivity index is 1.64. The van der Waals surface area contributed by atoms with Crippen LogP contribution in [0.25, 0.3) is 11.1 Å². The molecule has 1 fully saturated rings. The van der Waals surface area contributed by atoms with Gasteiger partial charge in [0.2, 0.25) is 5.91 Å². The molecular weight excluding hydrogens is 406 g/mol. The Morgan fingerprint density at radius 1 is 1.07 bits per heavy atom. The fourth-order valence-corrected chi connectivity index (χ4v) is 4.88. The molecule has 0 spiro atoms. The Morgan fingerprint density at radius 3 is 2.47 bits per heavy atom.